The minimum absolute atomic E-state index is 0.222. The molecule has 0 spiro atoms. The Morgan fingerprint density at radius 2 is 2.05 bits per heavy atom. The van der Waals surface area contributed by atoms with Crippen molar-refractivity contribution in [3.8, 4) is 0 Å². The van der Waals surface area contributed by atoms with Crippen molar-refractivity contribution >= 4 is 11.7 Å². The Balaban J connectivity index is 2.08. The molecule has 0 amide bonds. The van der Waals surface area contributed by atoms with Crippen LogP contribution >= 0.6 is 0 Å². The van der Waals surface area contributed by atoms with Crippen molar-refractivity contribution in [2.24, 2.45) is 0 Å². The van der Waals surface area contributed by atoms with E-state index in [0.717, 1.165) is 10.5 Å². The van der Waals surface area contributed by atoms with Crippen LogP contribution in [-0.4, -0.2) is 28.7 Å². The molecule has 2 N–H and O–H groups in total. The fraction of sp³-hybridized carbons (Fsp3) is 0.286. The normalized spacial score (nSPS) is 15.1. The first kappa shape index (κ1) is 15.3. The lowest BCUT2D eigenvalue weighted by molar-refractivity contribution is -0.143. The van der Waals surface area contributed by atoms with Gasteiger partial charge in [-0.2, -0.15) is 0 Å². The Hall–Kier alpha value is -2.05. The summed E-state index contributed by atoms with van der Waals surface area (Å²) in [6, 6.07) is 0. The number of rotatable bonds is 6. The smallest absolute Gasteiger partial charge is 0.328 e. The highest BCUT2D eigenvalue weighted by molar-refractivity contribution is 5.69. The van der Waals surface area contributed by atoms with E-state index in [1.54, 1.807) is 6.92 Å². The molecule has 0 bridgehead atoms. The molecule has 1 heterocycles. The van der Waals surface area contributed by atoms with Gasteiger partial charge in [0.2, 0.25) is 0 Å². The quantitative estimate of drug-likeness (QED) is 0.715. The number of aromatic nitrogens is 2. The number of hydrogen-bond acceptors (Lipinski definition) is 5. The van der Waals surface area contributed by atoms with Gasteiger partial charge in [-0.3, -0.25) is 19.1 Å². The van der Waals surface area contributed by atoms with E-state index in [9.17, 15) is 14.4 Å². The number of esters is 1. The average Bonchev–Trinajstić information content (AvgIpc) is 2.94. The molecular weight excluding hydrogens is 274 g/mol. The van der Waals surface area contributed by atoms with Crippen LogP contribution in [0.15, 0.2) is 15.8 Å². The average molecular weight is 290 g/mol. The van der Waals surface area contributed by atoms with Gasteiger partial charge in [0, 0.05) is 18.7 Å². The third-order valence-electron chi connectivity index (χ3n) is 2.83. The van der Waals surface area contributed by atoms with Crippen LogP contribution in [0.2, 0.25) is 0 Å². The molecule has 7 nitrogen and oxygen atoms in total. The van der Waals surface area contributed by atoms with Gasteiger partial charge in [0.25, 0.3) is 5.56 Å². The minimum Gasteiger partial charge on any atom is -0.465 e. The number of ether oxygens (including phenoxy) is 1. The topological polar surface area (TPSA) is 93.2 Å². The van der Waals surface area contributed by atoms with Gasteiger partial charge in [-0.15, -0.1) is 0 Å². The molecule has 0 saturated heterocycles. The van der Waals surface area contributed by atoms with E-state index in [0.29, 0.717) is 6.54 Å². The Bertz CT molecular complexity index is 599. The molecule has 1 fully saturated rings. The number of nitrogens with zero attached hydrogens (tertiary/aromatic N) is 1. The summed E-state index contributed by atoms with van der Waals surface area (Å²) in [5, 5.41) is 2.93. The van der Waals surface area contributed by atoms with Gasteiger partial charge < -0.3 is 10.1 Å². The van der Waals surface area contributed by atoms with E-state index in [-0.39, 0.29) is 18.8 Å². The molecule has 0 unspecified atom stereocenters. The molecule has 0 aliphatic heterocycles. The second-order valence-corrected chi connectivity index (χ2v) is 4.38. The molecule has 1 aromatic rings. The fourth-order valence-electron chi connectivity index (χ4n) is 1.83. The number of carbonyl (C=O) groups excluding carboxylic acids is 1. The molecule has 1 saturated carbocycles. The molecule has 21 heavy (non-hydrogen) atoms. The maximum absolute atomic E-state index is 11.7. The minimum atomic E-state index is -0.646. The monoisotopic (exact) mass is 290 g/mol. The highest BCUT2D eigenvalue weighted by atomic mass is 16.5. The highest BCUT2D eigenvalue weighted by Gasteiger charge is 2.17. The van der Waals surface area contributed by atoms with Gasteiger partial charge in [-0.25, -0.2) is 4.79 Å². The van der Waals surface area contributed by atoms with Crippen molar-refractivity contribution in [1.29, 1.82) is 0 Å². The van der Waals surface area contributed by atoms with Crippen LogP contribution in [0.5, 0.6) is 0 Å². The molecule has 2 rings (SSSR count). The number of aromatic amines is 1. The van der Waals surface area contributed by atoms with E-state index in [2.05, 4.69) is 10.3 Å². The van der Waals surface area contributed by atoms with Gasteiger partial charge in [-0.05, 0) is 32.6 Å². The number of nitrogens with one attached hydrogen (secondary N) is 2. The summed E-state index contributed by atoms with van der Waals surface area (Å²) in [5.41, 5.74) is -0.946. The van der Waals surface area contributed by atoms with Crippen LogP contribution in [0.1, 0.15) is 6.92 Å². The predicted molar refractivity (Wildman–Crippen MR) is 76.9 cm³/mol. The van der Waals surface area contributed by atoms with E-state index in [4.69, 9.17) is 4.74 Å². The summed E-state index contributed by atoms with van der Waals surface area (Å²) in [5.74, 6) is 0.478. The van der Waals surface area contributed by atoms with Crippen molar-refractivity contribution in [2.45, 2.75) is 13.5 Å². The van der Waals surface area contributed by atoms with Crippen molar-refractivity contribution in [3.05, 3.63) is 58.6 Å². The Morgan fingerprint density at radius 3 is 2.71 bits per heavy atom. The fourth-order valence-corrected chi connectivity index (χ4v) is 1.83. The summed E-state index contributed by atoms with van der Waals surface area (Å²) in [6.07, 6.45) is 8.93. The molecule has 0 atom stereocenters. The van der Waals surface area contributed by atoms with Crippen LogP contribution in [0.3, 0.4) is 0 Å². The van der Waals surface area contributed by atoms with Gasteiger partial charge >= 0.3 is 11.7 Å². The third kappa shape index (κ3) is 4.21. The lowest BCUT2D eigenvalue weighted by Gasteiger charge is -2.11. The second kappa shape index (κ2) is 7.10. The lowest BCUT2D eigenvalue weighted by atomic mass is 10.1. The van der Waals surface area contributed by atoms with Crippen molar-refractivity contribution in [2.75, 3.05) is 18.5 Å². The van der Waals surface area contributed by atoms with Gasteiger partial charge in [-0.1, -0.05) is 0 Å². The SMILES string of the molecule is CCOC(=O)Cn1cc(NC[C]2[CH][CH][CH][CH]2)c(=O)[nH]c1=O. The number of hydrogen-bond donors (Lipinski definition) is 2. The van der Waals surface area contributed by atoms with E-state index < -0.39 is 17.2 Å². The Kier molecular flexibility index (Phi) is 5.19. The second-order valence-electron chi connectivity index (χ2n) is 4.38. The standard InChI is InChI=1S/C14H16N3O4/c1-2-21-12(18)9-17-8-11(13(19)16-14(17)20)15-7-10-5-3-4-6-10/h3-6,8,15H,2,7,9H2,1H3,(H,16,19,20). The summed E-state index contributed by atoms with van der Waals surface area (Å²) in [4.78, 5) is 36.9. The van der Waals surface area contributed by atoms with Gasteiger partial charge in [0.15, 0.2) is 0 Å². The first-order valence-electron chi connectivity index (χ1n) is 6.54. The Labute approximate surface area is 122 Å². The molecular formula is C14H16N3O4. The summed E-state index contributed by atoms with van der Waals surface area (Å²) < 4.78 is 5.88. The zero-order chi connectivity index (χ0) is 15.2. The highest BCUT2D eigenvalue weighted by Crippen LogP contribution is 2.22. The summed E-state index contributed by atoms with van der Waals surface area (Å²) in [7, 11) is 0. The summed E-state index contributed by atoms with van der Waals surface area (Å²) in [6.45, 7) is 2.13. The van der Waals surface area contributed by atoms with Crippen LogP contribution in [-0.2, 0) is 16.1 Å². The first-order chi connectivity index (χ1) is 10.1. The summed E-state index contributed by atoms with van der Waals surface area (Å²) >= 11 is 0. The molecule has 1 aromatic heterocycles. The number of carbonyl (C=O) groups is 1. The van der Waals surface area contributed by atoms with Crippen LogP contribution in [0.25, 0.3) is 0 Å². The third-order valence-corrected chi connectivity index (χ3v) is 2.83. The first-order valence-corrected chi connectivity index (χ1v) is 6.54. The van der Waals surface area contributed by atoms with Gasteiger partial charge in [0.05, 0.1) is 6.61 Å². The van der Waals surface area contributed by atoms with Crippen LogP contribution in [0, 0.1) is 31.6 Å². The van der Waals surface area contributed by atoms with E-state index in [1.807, 2.05) is 25.7 Å². The maximum atomic E-state index is 11.7. The van der Waals surface area contributed by atoms with Crippen molar-refractivity contribution in [3.63, 3.8) is 0 Å². The zero-order valence-corrected chi connectivity index (χ0v) is 11.6. The van der Waals surface area contributed by atoms with E-state index >= 15 is 0 Å². The molecule has 1 aliphatic rings. The largest absolute Gasteiger partial charge is 0.465 e. The molecule has 111 valence electrons. The maximum Gasteiger partial charge on any atom is 0.328 e. The number of H-pyrrole nitrogens is 1. The molecule has 0 aromatic carbocycles. The zero-order valence-electron chi connectivity index (χ0n) is 11.6. The lowest BCUT2D eigenvalue weighted by Crippen LogP contribution is -2.34. The van der Waals surface area contributed by atoms with Crippen LogP contribution in [0.4, 0.5) is 5.69 Å². The molecule has 5 radical (unpaired) electrons. The van der Waals surface area contributed by atoms with Crippen molar-refractivity contribution < 1.29 is 9.53 Å². The molecule has 1 aliphatic carbocycles. The predicted octanol–water partition coefficient (Wildman–Crippen LogP) is -0.0832. The van der Waals surface area contributed by atoms with Crippen molar-refractivity contribution in [1.82, 2.24) is 9.55 Å². The van der Waals surface area contributed by atoms with Crippen LogP contribution < -0.4 is 16.6 Å². The number of anilines is 1. The molecule has 7 heteroatoms. The van der Waals surface area contributed by atoms with E-state index in [1.165, 1.54) is 6.20 Å². The Morgan fingerprint density at radius 1 is 1.33 bits per heavy atom. The van der Waals surface area contributed by atoms with Gasteiger partial charge in [0.1, 0.15) is 12.2 Å².